The van der Waals surface area contributed by atoms with E-state index in [0.29, 0.717) is 5.25 Å². The third-order valence-electron chi connectivity index (χ3n) is 3.11. The Bertz CT molecular complexity index is 363. The van der Waals surface area contributed by atoms with Crippen LogP contribution in [-0.4, -0.2) is 11.2 Å². The molecule has 2 rings (SSSR count). The average molecular weight is 250 g/mol. The topological polar surface area (TPSA) is 55.1 Å². The Kier molecular flexibility index (Phi) is 4.45. The highest BCUT2D eigenvalue weighted by Gasteiger charge is 2.26. The van der Waals surface area contributed by atoms with Gasteiger partial charge in [0.2, 0.25) is 0 Å². The molecule has 1 fully saturated rings. The van der Waals surface area contributed by atoms with Crippen LogP contribution in [-0.2, 0) is 4.79 Å². The van der Waals surface area contributed by atoms with Crippen LogP contribution >= 0.6 is 11.8 Å². The van der Waals surface area contributed by atoms with Gasteiger partial charge in [-0.2, -0.15) is 0 Å². The van der Waals surface area contributed by atoms with Gasteiger partial charge in [0.15, 0.2) is 0 Å². The van der Waals surface area contributed by atoms with Crippen LogP contribution in [0.4, 0.5) is 0 Å². The lowest BCUT2D eigenvalue weighted by molar-refractivity contribution is -0.120. The van der Waals surface area contributed by atoms with E-state index in [9.17, 15) is 4.79 Å². The van der Waals surface area contributed by atoms with Crippen molar-refractivity contribution in [1.29, 1.82) is 0 Å². The average Bonchev–Trinajstić information content (AvgIpc) is 2.89. The molecule has 1 atom stereocenters. The van der Waals surface area contributed by atoms with Crippen LogP contribution in [0.5, 0.6) is 0 Å². The number of rotatable bonds is 4. The first-order valence-electron chi connectivity index (χ1n) is 6.02. The van der Waals surface area contributed by atoms with E-state index in [1.165, 1.54) is 25.7 Å². The van der Waals surface area contributed by atoms with E-state index in [1.54, 1.807) is 11.8 Å². The molecule has 0 spiro atoms. The van der Waals surface area contributed by atoms with E-state index in [0.717, 1.165) is 5.56 Å². The Balaban J connectivity index is 2.10. The van der Waals surface area contributed by atoms with Gasteiger partial charge in [-0.15, -0.1) is 11.8 Å². The maximum absolute atomic E-state index is 11.8. The first-order chi connectivity index (χ1) is 8.31. The number of hydrazine groups is 1. The van der Waals surface area contributed by atoms with Crippen molar-refractivity contribution in [3.63, 3.8) is 0 Å². The molecule has 1 amide bonds. The summed E-state index contributed by atoms with van der Waals surface area (Å²) in [6.07, 6.45) is 4.99. The molecule has 17 heavy (non-hydrogen) atoms. The van der Waals surface area contributed by atoms with E-state index in [2.05, 4.69) is 5.43 Å². The smallest absolute Gasteiger partial charge is 0.251 e. The number of thioether (sulfide) groups is 1. The number of carbonyl (C=O) groups excluding carboxylic acids is 1. The molecule has 4 heteroatoms. The van der Waals surface area contributed by atoms with Gasteiger partial charge in [0.05, 0.1) is 0 Å². The summed E-state index contributed by atoms with van der Waals surface area (Å²) in [5.74, 6) is 5.17. The predicted molar refractivity (Wildman–Crippen MR) is 71.4 cm³/mol. The minimum atomic E-state index is -0.177. The number of amides is 1. The number of hydrogen-bond donors (Lipinski definition) is 2. The van der Waals surface area contributed by atoms with Crippen LogP contribution in [0.1, 0.15) is 36.5 Å². The second-order valence-electron chi connectivity index (χ2n) is 4.34. The molecule has 1 saturated carbocycles. The molecule has 0 saturated heterocycles. The number of nitrogens with one attached hydrogen (secondary N) is 1. The Hall–Kier alpha value is -1.00. The summed E-state index contributed by atoms with van der Waals surface area (Å²) < 4.78 is 0. The van der Waals surface area contributed by atoms with Crippen molar-refractivity contribution in [2.75, 3.05) is 0 Å². The Labute approximate surface area is 106 Å². The van der Waals surface area contributed by atoms with Crippen LogP contribution in [0.3, 0.4) is 0 Å². The minimum absolute atomic E-state index is 0.104. The summed E-state index contributed by atoms with van der Waals surface area (Å²) in [7, 11) is 0. The maximum atomic E-state index is 11.8. The van der Waals surface area contributed by atoms with Crippen molar-refractivity contribution in [3.8, 4) is 0 Å². The number of nitrogens with two attached hydrogens (primary N) is 1. The Morgan fingerprint density at radius 2 is 1.94 bits per heavy atom. The zero-order valence-corrected chi connectivity index (χ0v) is 10.6. The van der Waals surface area contributed by atoms with Crippen molar-refractivity contribution in [1.82, 2.24) is 5.43 Å². The van der Waals surface area contributed by atoms with E-state index < -0.39 is 0 Å². The highest BCUT2D eigenvalue weighted by atomic mass is 32.2. The van der Waals surface area contributed by atoms with Gasteiger partial charge in [0.1, 0.15) is 5.25 Å². The third-order valence-corrected chi connectivity index (χ3v) is 4.73. The van der Waals surface area contributed by atoms with E-state index in [4.69, 9.17) is 5.84 Å². The van der Waals surface area contributed by atoms with E-state index in [1.807, 2.05) is 30.3 Å². The predicted octanol–water partition coefficient (Wildman–Crippen LogP) is 2.39. The molecular weight excluding hydrogens is 232 g/mol. The fourth-order valence-electron chi connectivity index (χ4n) is 2.21. The highest BCUT2D eigenvalue weighted by Crippen LogP contribution is 2.39. The Morgan fingerprint density at radius 3 is 2.53 bits per heavy atom. The molecule has 1 aliphatic rings. The summed E-state index contributed by atoms with van der Waals surface area (Å²) in [5.41, 5.74) is 3.31. The van der Waals surface area contributed by atoms with E-state index >= 15 is 0 Å². The van der Waals surface area contributed by atoms with Gasteiger partial charge in [-0.1, -0.05) is 43.2 Å². The third kappa shape index (κ3) is 3.23. The zero-order valence-electron chi connectivity index (χ0n) is 9.76. The maximum Gasteiger partial charge on any atom is 0.251 e. The van der Waals surface area contributed by atoms with Crippen molar-refractivity contribution >= 4 is 17.7 Å². The van der Waals surface area contributed by atoms with Crippen molar-refractivity contribution in [2.45, 2.75) is 36.2 Å². The molecule has 0 radical (unpaired) electrons. The second kappa shape index (κ2) is 6.07. The molecule has 1 aromatic carbocycles. The van der Waals surface area contributed by atoms with Gasteiger partial charge < -0.3 is 0 Å². The lowest BCUT2D eigenvalue weighted by atomic mass is 10.1. The molecule has 3 nitrogen and oxygen atoms in total. The largest absolute Gasteiger partial charge is 0.293 e. The lowest BCUT2D eigenvalue weighted by Crippen LogP contribution is -2.34. The molecule has 0 aromatic heterocycles. The fraction of sp³-hybridized carbons (Fsp3) is 0.462. The summed E-state index contributed by atoms with van der Waals surface area (Å²) in [5, 5.41) is 0.418. The van der Waals surface area contributed by atoms with Crippen LogP contribution in [0.2, 0.25) is 0 Å². The van der Waals surface area contributed by atoms with Gasteiger partial charge in [-0.05, 0) is 18.4 Å². The molecule has 92 valence electrons. The van der Waals surface area contributed by atoms with Gasteiger partial charge in [-0.3, -0.25) is 10.2 Å². The fourth-order valence-corrected chi connectivity index (χ4v) is 3.71. The molecule has 3 N–H and O–H groups in total. The van der Waals surface area contributed by atoms with Gasteiger partial charge in [-0.25, -0.2) is 5.84 Å². The number of hydrogen-bond acceptors (Lipinski definition) is 3. The van der Waals surface area contributed by atoms with Gasteiger partial charge in [0, 0.05) is 5.25 Å². The minimum Gasteiger partial charge on any atom is -0.293 e. The normalized spacial score (nSPS) is 17.9. The first kappa shape index (κ1) is 12.5. The molecular formula is C13H18N2OS. The molecule has 0 bridgehead atoms. The first-order valence-corrected chi connectivity index (χ1v) is 6.96. The van der Waals surface area contributed by atoms with Gasteiger partial charge in [0.25, 0.3) is 5.91 Å². The summed E-state index contributed by atoms with van der Waals surface area (Å²) in [6.45, 7) is 0. The zero-order chi connectivity index (χ0) is 12.1. The van der Waals surface area contributed by atoms with Crippen LogP contribution < -0.4 is 11.3 Å². The molecule has 0 aliphatic heterocycles. The summed E-state index contributed by atoms with van der Waals surface area (Å²) >= 11 is 1.75. The van der Waals surface area contributed by atoms with Crippen LogP contribution in [0.25, 0.3) is 0 Å². The highest BCUT2D eigenvalue weighted by molar-refractivity contribution is 8.00. The van der Waals surface area contributed by atoms with Crippen molar-refractivity contribution in [3.05, 3.63) is 35.9 Å². The SMILES string of the molecule is NNC(=O)C(SC1CCCC1)c1ccccc1. The monoisotopic (exact) mass is 250 g/mol. The van der Waals surface area contributed by atoms with Gasteiger partial charge >= 0.3 is 0 Å². The second-order valence-corrected chi connectivity index (χ2v) is 5.75. The summed E-state index contributed by atoms with van der Waals surface area (Å²) in [4.78, 5) is 11.8. The standard InChI is InChI=1S/C13H18N2OS/c14-15-13(16)12(10-6-2-1-3-7-10)17-11-8-4-5-9-11/h1-3,6-7,11-12H,4-5,8-9,14H2,(H,15,16). The molecule has 1 unspecified atom stereocenters. The number of benzene rings is 1. The molecule has 1 aromatic rings. The van der Waals surface area contributed by atoms with E-state index in [-0.39, 0.29) is 11.2 Å². The molecule has 0 heterocycles. The quantitative estimate of drug-likeness (QED) is 0.490. The van der Waals surface area contributed by atoms with Crippen molar-refractivity contribution < 1.29 is 4.79 Å². The van der Waals surface area contributed by atoms with Crippen LogP contribution in [0.15, 0.2) is 30.3 Å². The lowest BCUT2D eigenvalue weighted by Gasteiger charge is -2.19. The number of carbonyl (C=O) groups is 1. The summed E-state index contributed by atoms with van der Waals surface area (Å²) in [6, 6.07) is 9.85. The molecule has 1 aliphatic carbocycles. The Morgan fingerprint density at radius 1 is 1.29 bits per heavy atom. The van der Waals surface area contributed by atoms with Crippen molar-refractivity contribution in [2.24, 2.45) is 5.84 Å². The van der Waals surface area contributed by atoms with Crippen LogP contribution in [0, 0.1) is 0 Å².